The molecular weight excluding hydrogens is 462 g/mol. The number of carbonyl (C=O) groups excluding carboxylic acids is 1. The highest BCUT2D eigenvalue weighted by Gasteiger charge is 2.37. The van der Waals surface area contributed by atoms with Crippen LogP contribution in [0.15, 0.2) is 72.8 Å². The minimum absolute atomic E-state index is 0.0309. The molecule has 1 heterocycles. The van der Waals surface area contributed by atoms with Crippen LogP contribution in [0.5, 0.6) is 11.5 Å². The summed E-state index contributed by atoms with van der Waals surface area (Å²) in [7, 11) is 1.63. The van der Waals surface area contributed by atoms with Crippen LogP contribution < -0.4 is 9.47 Å². The molecular formula is C25H22ClNO3S2. The molecule has 0 spiro atoms. The molecule has 0 N–H and O–H groups in total. The third-order valence-corrected chi connectivity index (χ3v) is 7.03. The van der Waals surface area contributed by atoms with Gasteiger partial charge in [-0.15, -0.1) is 0 Å². The maximum absolute atomic E-state index is 13.1. The molecule has 32 heavy (non-hydrogen) atoms. The molecule has 1 amide bonds. The summed E-state index contributed by atoms with van der Waals surface area (Å²) in [6.07, 6.45) is 0.555. The molecule has 3 aromatic rings. The third kappa shape index (κ3) is 5.44. The van der Waals surface area contributed by atoms with Gasteiger partial charge in [-0.05, 0) is 53.4 Å². The minimum Gasteiger partial charge on any atom is -0.497 e. The van der Waals surface area contributed by atoms with Crippen molar-refractivity contribution in [3.05, 3.63) is 94.5 Å². The van der Waals surface area contributed by atoms with Gasteiger partial charge in [0.2, 0.25) is 5.91 Å². The summed E-state index contributed by atoms with van der Waals surface area (Å²) in [5.74, 6) is 1.59. The third-order valence-electron chi connectivity index (χ3n) is 5.19. The van der Waals surface area contributed by atoms with E-state index in [1.807, 2.05) is 72.8 Å². The number of para-hydroxylation sites is 1. The molecule has 0 aromatic heterocycles. The quantitative estimate of drug-likeness (QED) is 0.373. The molecule has 3 aromatic carbocycles. The van der Waals surface area contributed by atoms with Gasteiger partial charge in [0, 0.05) is 5.02 Å². The second kappa shape index (κ2) is 10.4. The number of amides is 1. The largest absolute Gasteiger partial charge is 0.497 e. The van der Waals surface area contributed by atoms with Gasteiger partial charge < -0.3 is 9.47 Å². The van der Waals surface area contributed by atoms with E-state index in [0.29, 0.717) is 28.9 Å². The summed E-state index contributed by atoms with van der Waals surface area (Å²) in [4.78, 5) is 14.8. The Bertz CT molecular complexity index is 1100. The number of methoxy groups -OCH3 is 1. The van der Waals surface area contributed by atoms with Gasteiger partial charge in [-0.2, -0.15) is 0 Å². The first-order valence-corrected chi connectivity index (χ1v) is 11.8. The van der Waals surface area contributed by atoms with Crippen molar-refractivity contribution in [2.45, 2.75) is 24.8 Å². The molecule has 164 valence electrons. The van der Waals surface area contributed by atoms with E-state index in [2.05, 4.69) is 0 Å². The number of thiocarbonyl (C=S) groups is 1. The second-order valence-corrected chi connectivity index (χ2v) is 9.64. The number of carbonyl (C=O) groups is 1. The van der Waals surface area contributed by atoms with Crippen LogP contribution in [-0.2, 0) is 24.4 Å². The van der Waals surface area contributed by atoms with Crippen molar-refractivity contribution in [1.82, 2.24) is 4.90 Å². The Morgan fingerprint density at radius 3 is 2.41 bits per heavy atom. The fourth-order valence-electron chi connectivity index (χ4n) is 3.44. The lowest BCUT2D eigenvalue weighted by molar-refractivity contribution is -0.126. The highest BCUT2D eigenvalue weighted by molar-refractivity contribution is 8.24. The topological polar surface area (TPSA) is 38.8 Å². The molecule has 4 rings (SSSR count). The van der Waals surface area contributed by atoms with Crippen LogP contribution in [0.4, 0.5) is 0 Å². The molecule has 1 saturated heterocycles. The van der Waals surface area contributed by atoms with E-state index in [1.165, 1.54) is 11.8 Å². The van der Waals surface area contributed by atoms with Crippen LogP contribution in [0.1, 0.15) is 16.7 Å². The molecule has 1 atom stereocenters. The number of halogens is 1. The minimum atomic E-state index is -0.263. The Labute approximate surface area is 202 Å². The Kier molecular flexibility index (Phi) is 7.35. The molecule has 1 fully saturated rings. The molecule has 0 radical (unpaired) electrons. The van der Waals surface area contributed by atoms with E-state index in [1.54, 1.807) is 12.0 Å². The smallest absolute Gasteiger partial charge is 0.242 e. The van der Waals surface area contributed by atoms with Crippen LogP contribution in [0.2, 0.25) is 5.02 Å². The molecule has 0 bridgehead atoms. The molecule has 1 aliphatic rings. The van der Waals surface area contributed by atoms with Crippen LogP contribution in [0.3, 0.4) is 0 Å². The summed E-state index contributed by atoms with van der Waals surface area (Å²) in [6.45, 7) is 0.891. The maximum atomic E-state index is 13.1. The Morgan fingerprint density at radius 1 is 1.00 bits per heavy atom. The number of ether oxygens (including phenoxy) is 2. The van der Waals surface area contributed by atoms with Crippen molar-refractivity contribution in [3.8, 4) is 11.5 Å². The zero-order valence-corrected chi connectivity index (χ0v) is 19.9. The normalized spacial score (nSPS) is 15.8. The van der Waals surface area contributed by atoms with Crippen LogP contribution in [0, 0.1) is 0 Å². The number of hydrogen-bond acceptors (Lipinski definition) is 5. The Hall–Kier alpha value is -2.54. The molecule has 1 aliphatic heterocycles. The number of benzene rings is 3. The second-order valence-electron chi connectivity index (χ2n) is 7.37. The predicted octanol–water partition coefficient (Wildman–Crippen LogP) is 5.90. The first-order valence-electron chi connectivity index (χ1n) is 10.1. The summed E-state index contributed by atoms with van der Waals surface area (Å²) in [6, 6.07) is 23.1. The average Bonchev–Trinajstić information content (AvgIpc) is 3.07. The highest BCUT2D eigenvalue weighted by Crippen LogP contribution is 2.33. The molecule has 7 heteroatoms. The molecule has 0 unspecified atom stereocenters. The van der Waals surface area contributed by atoms with Gasteiger partial charge in [-0.3, -0.25) is 9.69 Å². The Morgan fingerprint density at radius 2 is 1.69 bits per heavy atom. The zero-order valence-electron chi connectivity index (χ0n) is 17.5. The lowest BCUT2D eigenvalue weighted by Crippen LogP contribution is -2.31. The summed E-state index contributed by atoms with van der Waals surface area (Å²) < 4.78 is 11.9. The van der Waals surface area contributed by atoms with Gasteiger partial charge in [0.1, 0.15) is 22.4 Å². The highest BCUT2D eigenvalue weighted by atomic mass is 35.5. The monoisotopic (exact) mass is 483 g/mol. The molecule has 0 saturated carbocycles. The van der Waals surface area contributed by atoms with Gasteiger partial charge in [0.25, 0.3) is 0 Å². The van der Waals surface area contributed by atoms with E-state index in [0.717, 1.165) is 28.2 Å². The van der Waals surface area contributed by atoms with E-state index in [9.17, 15) is 4.79 Å². The van der Waals surface area contributed by atoms with Crippen LogP contribution in [-0.4, -0.2) is 27.5 Å². The van der Waals surface area contributed by atoms with E-state index < -0.39 is 0 Å². The van der Waals surface area contributed by atoms with Gasteiger partial charge >= 0.3 is 0 Å². The van der Waals surface area contributed by atoms with Crippen molar-refractivity contribution in [2.24, 2.45) is 0 Å². The van der Waals surface area contributed by atoms with Gasteiger partial charge in [-0.1, -0.05) is 78.0 Å². The fourth-order valence-corrected chi connectivity index (χ4v) is 5.08. The van der Waals surface area contributed by atoms with Crippen molar-refractivity contribution in [3.63, 3.8) is 0 Å². The van der Waals surface area contributed by atoms with Gasteiger partial charge in [0.05, 0.1) is 18.9 Å². The first kappa shape index (κ1) is 22.6. The number of hydrogen-bond donors (Lipinski definition) is 0. The van der Waals surface area contributed by atoms with E-state index >= 15 is 0 Å². The number of nitrogens with zero attached hydrogens (tertiary/aromatic N) is 1. The summed E-state index contributed by atoms with van der Waals surface area (Å²) in [5.41, 5.74) is 3.03. The van der Waals surface area contributed by atoms with Crippen molar-refractivity contribution in [1.29, 1.82) is 0 Å². The van der Waals surface area contributed by atoms with E-state index in [-0.39, 0.29) is 11.2 Å². The lowest BCUT2D eigenvalue weighted by Gasteiger charge is -2.16. The van der Waals surface area contributed by atoms with E-state index in [4.69, 9.17) is 33.3 Å². The average molecular weight is 484 g/mol. The fraction of sp³-hybridized carbons (Fsp3) is 0.200. The predicted molar refractivity (Wildman–Crippen MR) is 133 cm³/mol. The van der Waals surface area contributed by atoms with Crippen molar-refractivity contribution in [2.75, 3.05) is 7.11 Å². The zero-order chi connectivity index (χ0) is 22.5. The van der Waals surface area contributed by atoms with Crippen molar-refractivity contribution >= 4 is 45.8 Å². The Balaban J connectivity index is 1.42. The van der Waals surface area contributed by atoms with Gasteiger partial charge in [0.15, 0.2) is 0 Å². The van der Waals surface area contributed by atoms with Gasteiger partial charge in [-0.25, -0.2) is 0 Å². The first-order chi connectivity index (χ1) is 15.5. The van der Waals surface area contributed by atoms with Crippen molar-refractivity contribution < 1.29 is 14.3 Å². The summed E-state index contributed by atoms with van der Waals surface area (Å²) >= 11 is 12.9. The molecule has 0 aliphatic carbocycles. The SMILES string of the molecule is COc1ccc(CN2C(=O)[C@@H](Cc3ccccc3OCc3ccc(Cl)cc3)SC2=S)cc1. The van der Waals surface area contributed by atoms with Crippen LogP contribution in [0.25, 0.3) is 0 Å². The standard InChI is InChI=1S/C25H22ClNO3S2/c1-29-21-12-8-17(9-13-21)15-27-24(28)23(32-25(27)31)14-19-4-2-3-5-22(19)30-16-18-6-10-20(26)11-7-18/h2-13,23H,14-16H2,1H3/t23-/m1/s1. The number of thioether (sulfide) groups is 1. The lowest BCUT2D eigenvalue weighted by atomic mass is 10.1. The van der Waals surface area contributed by atoms with Crippen LogP contribution >= 0.6 is 35.6 Å². The maximum Gasteiger partial charge on any atom is 0.242 e. The summed E-state index contributed by atoms with van der Waals surface area (Å²) in [5, 5.41) is 0.433. The molecule has 4 nitrogen and oxygen atoms in total. The number of rotatable bonds is 8.